The van der Waals surface area contributed by atoms with Crippen LogP contribution in [-0.2, 0) is 4.74 Å². The number of methoxy groups -OCH3 is 1. The molecule has 11 nitrogen and oxygen atoms in total. The minimum Gasteiger partial charge on any atom is -0.480 e. The number of fused-ring (bicyclic) bond motifs is 1. The lowest BCUT2D eigenvalue weighted by Gasteiger charge is -2.26. The van der Waals surface area contributed by atoms with Crippen LogP contribution in [0.3, 0.4) is 0 Å². The first kappa shape index (κ1) is 22.3. The van der Waals surface area contributed by atoms with E-state index in [-0.39, 0.29) is 5.56 Å². The number of aromatic nitrogens is 4. The number of carbonyl (C=O) groups excluding carboxylic acids is 1. The summed E-state index contributed by atoms with van der Waals surface area (Å²) in [5.74, 6) is 1.16. The quantitative estimate of drug-likeness (QED) is 0.427. The van der Waals surface area contributed by atoms with E-state index in [0.29, 0.717) is 41.8 Å². The lowest BCUT2D eigenvalue weighted by Crippen LogP contribution is -2.39. The summed E-state index contributed by atoms with van der Waals surface area (Å²) < 4.78 is 25.6. The normalized spacial score (nSPS) is 20.2. The highest BCUT2D eigenvalue weighted by Crippen LogP contribution is 2.28. The van der Waals surface area contributed by atoms with E-state index in [2.05, 4.69) is 35.9 Å². The summed E-state index contributed by atoms with van der Waals surface area (Å²) in [6.45, 7) is 4.76. The highest BCUT2D eigenvalue weighted by atomic mass is 19.1. The largest absolute Gasteiger partial charge is 0.480 e. The summed E-state index contributed by atoms with van der Waals surface area (Å²) in [6, 6.07) is 4.97. The molecule has 0 bridgehead atoms. The molecule has 0 unspecified atom stereocenters. The van der Waals surface area contributed by atoms with Gasteiger partial charge in [0.25, 0.3) is 5.91 Å². The zero-order valence-corrected chi connectivity index (χ0v) is 18.8. The minimum absolute atomic E-state index is 0.275. The molecule has 12 heteroatoms. The number of nitrogens with one attached hydrogen (secondary N) is 3. The van der Waals surface area contributed by atoms with Crippen molar-refractivity contribution in [1.29, 1.82) is 0 Å². The number of pyridine rings is 1. The van der Waals surface area contributed by atoms with Crippen molar-refractivity contribution < 1.29 is 18.7 Å². The van der Waals surface area contributed by atoms with Gasteiger partial charge in [-0.2, -0.15) is 9.61 Å². The van der Waals surface area contributed by atoms with Gasteiger partial charge in [0.15, 0.2) is 5.65 Å². The molecule has 1 aliphatic carbocycles. The van der Waals surface area contributed by atoms with E-state index in [4.69, 9.17) is 9.47 Å². The smallest absolute Gasteiger partial charge is 0.257 e. The highest BCUT2D eigenvalue weighted by molar-refractivity contribution is 6.00. The number of rotatable bonds is 9. The molecule has 34 heavy (non-hydrogen) atoms. The van der Waals surface area contributed by atoms with E-state index < -0.39 is 18.1 Å². The number of carbonyl (C=O) groups is 1. The van der Waals surface area contributed by atoms with E-state index in [1.54, 1.807) is 16.8 Å². The van der Waals surface area contributed by atoms with Gasteiger partial charge in [-0.15, -0.1) is 0 Å². The molecule has 5 rings (SSSR count). The Balaban J connectivity index is 1.42. The van der Waals surface area contributed by atoms with Gasteiger partial charge in [-0.05, 0) is 12.1 Å². The Morgan fingerprint density at radius 1 is 1.35 bits per heavy atom. The van der Waals surface area contributed by atoms with Crippen molar-refractivity contribution in [2.75, 3.05) is 57.1 Å². The van der Waals surface area contributed by atoms with Crippen LogP contribution in [0.25, 0.3) is 5.65 Å². The molecule has 0 radical (unpaired) electrons. The number of hydrogen-bond donors (Lipinski definition) is 3. The highest BCUT2D eigenvalue weighted by Gasteiger charge is 2.39. The van der Waals surface area contributed by atoms with Gasteiger partial charge in [0.1, 0.15) is 29.1 Å². The zero-order valence-electron chi connectivity index (χ0n) is 18.8. The standard InChI is InChI=1S/C22H27FN8O3/c1-33-22-16(3-2-4-25-22)27-18-12-19(24-5-6-30-7-9-34-10-8-30)31-20(29-18)14(13-26-31)21(32)28-17-11-15(17)23/h2-4,12-13,15,17,24H,5-11H2,1H3,(H,27,29)(H,28,32)/t15-,17+/m1/s1. The Kier molecular flexibility index (Phi) is 6.41. The van der Waals surface area contributed by atoms with Gasteiger partial charge in [0.2, 0.25) is 5.88 Å². The first-order chi connectivity index (χ1) is 16.6. The predicted octanol–water partition coefficient (Wildman–Crippen LogP) is 1.46. The second kappa shape index (κ2) is 9.77. The van der Waals surface area contributed by atoms with Crippen molar-refractivity contribution in [1.82, 2.24) is 29.8 Å². The van der Waals surface area contributed by atoms with Crippen LogP contribution in [0.2, 0.25) is 0 Å². The minimum atomic E-state index is -0.994. The van der Waals surface area contributed by atoms with Crippen LogP contribution in [0.5, 0.6) is 5.88 Å². The molecule has 0 aromatic carbocycles. The van der Waals surface area contributed by atoms with E-state index >= 15 is 0 Å². The van der Waals surface area contributed by atoms with Crippen LogP contribution in [0.4, 0.5) is 21.7 Å². The maximum Gasteiger partial charge on any atom is 0.257 e. The average Bonchev–Trinajstić information content (AvgIpc) is 3.37. The fourth-order valence-electron chi connectivity index (χ4n) is 3.83. The number of amides is 1. The van der Waals surface area contributed by atoms with Crippen molar-refractivity contribution in [2.24, 2.45) is 0 Å². The van der Waals surface area contributed by atoms with E-state index in [9.17, 15) is 9.18 Å². The molecule has 2 aliphatic rings. The van der Waals surface area contributed by atoms with Gasteiger partial charge < -0.3 is 25.4 Å². The molecular weight excluding hydrogens is 443 g/mol. The monoisotopic (exact) mass is 470 g/mol. The Morgan fingerprint density at radius 3 is 2.94 bits per heavy atom. The van der Waals surface area contributed by atoms with Gasteiger partial charge in [0.05, 0.1) is 32.6 Å². The van der Waals surface area contributed by atoms with Crippen LogP contribution in [-0.4, -0.2) is 89.1 Å². The summed E-state index contributed by atoms with van der Waals surface area (Å²) in [6.07, 6.45) is 2.43. The summed E-state index contributed by atoms with van der Waals surface area (Å²) >= 11 is 0. The van der Waals surface area contributed by atoms with Crippen molar-refractivity contribution in [3.8, 4) is 5.88 Å². The third-order valence-corrected chi connectivity index (χ3v) is 5.81. The number of morpholine rings is 1. The number of ether oxygens (including phenoxy) is 2. The molecule has 1 saturated heterocycles. The number of anilines is 3. The van der Waals surface area contributed by atoms with Crippen molar-refractivity contribution in [3.05, 3.63) is 36.2 Å². The van der Waals surface area contributed by atoms with Crippen LogP contribution < -0.4 is 20.7 Å². The van der Waals surface area contributed by atoms with Gasteiger partial charge in [-0.1, -0.05) is 0 Å². The Hall–Kier alpha value is -3.51. The van der Waals surface area contributed by atoms with Gasteiger partial charge in [0, 0.05) is 44.9 Å². The van der Waals surface area contributed by atoms with Crippen LogP contribution >= 0.6 is 0 Å². The molecular formula is C22H27FN8O3. The molecule has 1 amide bonds. The molecule has 3 aromatic heterocycles. The summed E-state index contributed by atoms with van der Waals surface area (Å²) in [5.41, 5.74) is 1.26. The van der Waals surface area contributed by atoms with Crippen molar-refractivity contribution in [3.63, 3.8) is 0 Å². The first-order valence-electron chi connectivity index (χ1n) is 11.3. The third-order valence-electron chi connectivity index (χ3n) is 5.81. The van der Waals surface area contributed by atoms with Gasteiger partial charge in [-0.3, -0.25) is 9.69 Å². The zero-order chi connectivity index (χ0) is 23.5. The molecule has 2 fully saturated rings. The Labute approximate surface area is 195 Å². The Bertz CT molecular complexity index is 1170. The van der Waals surface area contributed by atoms with Crippen molar-refractivity contribution >= 4 is 28.9 Å². The molecule has 1 aliphatic heterocycles. The maximum absolute atomic E-state index is 13.3. The van der Waals surface area contributed by atoms with E-state index in [1.165, 1.54) is 13.3 Å². The topological polar surface area (TPSA) is 118 Å². The Morgan fingerprint density at radius 2 is 2.18 bits per heavy atom. The number of alkyl halides is 1. The molecule has 180 valence electrons. The molecule has 3 N–H and O–H groups in total. The molecule has 3 aromatic rings. The SMILES string of the molecule is COc1ncccc1Nc1cc(NCCN2CCOCC2)n2ncc(C(=O)N[C@H]3C[C@H]3F)c2n1. The predicted molar refractivity (Wildman–Crippen MR) is 124 cm³/mol. The maximum atomic E-state index is 13.3. The summed E-state index contributed by atoms with van der Waals surface area (Å²) in [7, 11) is 1.54. The van der Waals surface area contributed by atoms with Gasteiger partial charge >= 0.3 is 0 Å². The second-order valence-electron chi connectivity index (χ2n) is 8.22. The van der Waals surface area contributed by atoms with Crippen LogP contribution in [0.1, 0.15) is 16.8 Å². The molecule has 0 spiro atoms. The fraction of sp³-hybridized carbons (Fsp3) is 0.455. The molecule has 2 atom stereocenters. The third kappa shape index (κ3) is 4.87. The summed E-state index contributed by atoms with van der Waals surface area (Å²) in [4.78, 5) is 23.9. The van der Waals surface area contributed by atoms with E-state index in [0.717, 1.165) is 32.8 Å². The average molecular weight is 471 g/mol. The molecule has 4 heterocycles. The van der Waals surface area contributed by atoms with Gasteiger partial charge in [-0.25, -0.2) is 14.4 Å². The molecule has 1 saturated carbocycles. The van der Waals surface area contributed by atoms with E-state index in [1.807, 2.05) is 12.1 Å². The lowest BCUT2D eigenvalue weighted by molar-refractivity contribution is 0.0398. The number of hydrogen-bond acceptors (Lipinski definition) is 9. The fourth-order valence-corrected chi connectivity index (χ4v) is 3.83. The second-order valence-corrected chi connectivity index (χ2v) is 8.22. The van der Waals surface area contributed by atoms with Crippen molar-refractivity contribution in [2.45, 2.75) is 18.6 Å². The first-order valence-corrected chi connectivity index (χ1v) is 11.3. The number of nitrogens with zero attached hydrogens (tertiary/aromatic N) is 5. The lowest BCUT2D eigenvalue weighted by atomic mass is 10.3. The number of halogens is 1. The van der Waals surface area contributed by atoms with Crippen LogP contribution in [0.15, 0.2) is 30.6 Å². The summed E-state index contributed by atoms with van der Waals surface area (Å²) in [5, 5.41) is 13.7. The van der Waals surface area contributed by atoms with Crippen LogP contribution in [0, 0.1) is 0 Å².